The van der Waals surface area contributed by atoms with Gasteiger partial charge in [-0.25, -0.2) is 9.18 Å². The monoisotopic (exact) mass is 457 g/mol. The molecule has 0 saturated carbocycles. The van der Waals surface area contributed by atoms with Crippen molar-refractivity contribution in [3.63, 3.8) is 0 Å². The van der Waals surface area contributed by atoms with Crippen molar-refractivity contribution in [1.29, 1.82) is 0 Å². The van der Waals surface area contributed by atoms with Crippen LogP contribution in [0.2, 0.25) is 0 Å². The Morgan fingerprint density at radius 1 is 1.26 bits per heavy atom. The van der Waals surface area contributed by atoms with Crippen molar-refractivity contribution in [3.8, 4) is 5.75 Å². The van der Waals surface area contributed by atoms with E-state index in [1.54, 1.807) is 37.3 Å². The van der Waals surface area contributed by atoms with Crippen molar-refractivity contribution >= 4 is 39.1 Å². The molecule has 0 saturated heterocycles. The smallest absolute Gasteiger partial charge is 0.344 e. The van der Waals surface area contributed by atoms with E-state index in [2.05, 4.69) is 20.9 Å². The van der Waals surface area contributed by atoms with Crippen LogP contribution in [-0.2, 0) is 16.1 Å². The number of nitrogens with zero attached hydrogens (tertiary/aromatic N) is 1. The maximum atomic E-state index is 14.0. The second kappa shape index (κ2) is 10.4. The third-order valence-electron chi connectivity index (χ3n) is 3.50. The summed E-state index contributed by atoms with van der Waals surface area (Å²) in [6, 6.07) is 9.71. The van der Waals surface area contributed by atoms with Gasteiger partial charge in [-0.2, -0.15) is 3.89 Å². The molecular formula is C19H18BrF2NO3S. The maximum Gasteiger partial charge on any atom is 0.344 e. The maximum absolute atomic E-state index is 14.0. The first-order valence-electron chi connectivity index (χ1n) is 8.11. The number of aliphatic imine (C=N–C) groups is 1. The molecule has 0 N–H and O–H groups in total. The van der Waals surface area contributed by atoms with Crippen molar-refractivity contribution in [3.05, 3.63) is 63.4 Å². The van der Waals surface area contributed by atoms with E-state index in [0.717, 1.165) is 5.56 Å². The summed E-state index contributed by atoms with van der Waals surface area (Å²) < 4.78 is 38.4. The number of aryl methyl sites for hydroxylation is 1. The Bertz CT molecular complexity index is 846. The number of esters is 1. The van der Waals surface area contributed by atoms with Crippen LogP contribution in [0.25, 0.3) is 0 Å². The van der Waals surface area contributed by atoms with Crippen molar-refractivity contribution in [2.45, 2.75) is 20.4 Å². The minimum absolute atomic E-state index is 0.0311. The zero-order chi connectivity index (χ0) is 19.8. The van der Waals surface area contributed by atoms with E-state index in [1.165, 1.54) is 6.07 Å². The molecule has 4 nitrogen and oxygen atoms in total. The highest BCUT2D eigenvalue weighted by molar-refractivity contribution is 9.10. The van der Waals surface area contributed by atoms with E-state index in [1.807, 2.05) is 6.92 Å². The topological polar surface area (TPSA) is 47.9 Å². The van der Waals surface area contributed by atoms with E-state index in [0.29, 0.717) is 21.3 Å². The summed E-state index contributed by atoms with van der Waals surface area (Å²) in [6.45, 7) is 3.45. The largest absolute Gasteiger partial charge is 0.481 e. The van der Waals surface area contributed by atoms with Crippen LogP contribution in [0.3, 0.4) is 0 Å². The number of hydrogen-bond acceptors (Lipinski definition) is 5. The quantitative estimate of drug-likeness (QED) is 0.317. The normalized spacial score (nSPS) is 11.4. The lowest BCUT2D eigenvalue weighted by Gasteiger charge is -2.12. The first kappa shape index (κ1) is 21.4. The molecule has 0 aliphatic carbocycles. The van der Waals surface area contributed by atoms with Crippen molar-refractivity contribution in [2.75, 3.05) is 13.2 Å². The molecule has 0 unspecified atom stereocenters. The van der Waals surface area contributed by atoms with Gasteiger partial charge in [0.25, 0.3) is 0 Å². The minimum Gasteiger partial charge on any atom is -0.481 e. The first-order valence-corrected chi connectivity index (χ1v) is 9.62. The summed E-state index contributed by atoms with van der Waals surface area (Å²) in [4.78, 5) is 15.7. The van der Waals surface area contributed by atoms with Crippen LogP contribution in [-0.4, -0.2) is 24.2 Å². The van der Waals surface area contributed by atoms with Gasteiger partial charge in [0.15, 0.2) is 6.61 Å². The molecule has 0 heterocycles. The fraction of sp³-hybridized carbons (Fsp3) is 0.263. The van der Waals surface area contributed by atoms with Crippen LogP contribution in [0.4, 0.5) is 8.28 Å². The second-order valence-corrected chi connectivity index (χ2v) is 6.98. The van der Waals surface area contributed by atoms with Crippen molar-refractivity contribution in [2.24, 2.45) is 4.99 Å². The molecule has 2 rings (SSSR count). The summed E-state index contributed by atoms with van der Waals surface area (Å²) >= 11 is 3.13. The number of benzene rings is 2. The molecule has 0 aliphatic rings. The average Bonchev–Trinajstić information content (AvgIpc) is 2.63. The van der Waals surface area contributed by atoms with Gasteiger partial charge in [-0.05, 0) is 38.1 Å². The first-order chi connectivity index (χ1) is 12.9. The lowest BCUT2D eigenvalue weighted by atomic mass is 10.1. The van der Waals surface area contributed by atoms with Crippen LogP contribution in [0.1, 0.15) is 23.6 Å². The summed E-state index contributed by atoms with van der Waals surface area (Å²) in [5.41, 5.74) is 1.60. The highest BCUT2D eigenvalue weighted by atomic mass is 79.9. The number of rotatable bonds is 7. The second-order valence-electron chi connectivity index (χ2n) is 5.53. The van der Waals surface area contributed by atoms with E-state index < -0.39 is 11.8 Å². The fourth-order valence-corrected chi connectivity index (χ4v) is 2.92. The van der Waals surface area contributed by atoms with Gasteiger partial charge in [-0.1, -0.05) is 33.6 Å². The van der Waals surface area contributed by atoms with Crippen LogP contribution in [0.15, 0.2) is 45.9 Å². The van der Waals surface area contributed by atoms with Crippen molar-refractivity contribution < 1.29 is 22.5 Å². The molecule has 2 aromatic carbocycles. The SMILES string of the molecule is CCOC(=O)COc1ccc(C)cc1C(=NCc1ccc(Br)cc1F)SF. The Balaban J connectivity index is 2.26. The minimum atomic E-state index is -0.521. The molecule has 2 aromatic rings. The van der Waals surface area contributed by atoms with E-state index in [-0.39, 0.29) is 37.0 Å². The third kappa shape index (κ3) is 6.32. The predicted molar refractivity (Wildman–Crippen MR) is 106 cm³/mol. The molecular weight excluding hydrogens is 440 g/mol. The van der Waals surface area contributed by atoms with Gasteiger partial charge in [0, 0.05) is 10.0 Å². The fourth-order valence-electron chi connectivity index (χ4n) is 2.23. The molecule has 8 heteroatoms. The Morgan fingerprint density at radius 2 is 2.04 bits per heavy atom. The Kier molecular flexibility index (Phi) is 8.24. The molecule has 0 amide bonds. The Labute approximate surface area is 169 Å². The summed E-state index contributed by atoms with van der Waals surface area (Å²) in [5, 5.41) is 0.0416. The molecule has 0 atom stereocenters. The summed E-state index contributed by atoms with van der Waals surface area (Å²) in [5.74, 6) is -0.652. The molecule has 0 bridgehead atoms. The van der Waals surface area contributed by atoms with Gasteiger partial charge in [0.2, 0.25) is 0 Å². The molecule has 0 fully saturated rings. The van der Waals surface area contributed by atoms with E-state index in [9.17, 15) is 13.1 Å². The Hall–Kier alpha value is -1.93. The van der Waals surface area contributed by atoms with Gasteiger partial charge < -0.3 is 9.47 Å². The Morgan fingerprint density at radius 3 is 2.70 bits per heavy atom. The predicted octanol–water partition coefficient (Wildman–Crippen LogP) is 5.40. The highest BCUT2D eigenvalue weighted by Crippen LogP contribution is 2.27. The lowest BCUT2D eigenvalue weighted by Crippen LogP contribution is -2.15. The van der Waals surface area contributed by atoms with Crippen LogP contribution >= 0.6 is 28.1 Å². The van der Waals surface area contributed by atoms with Gasteiger partial charge in [-0.15, -0.1) is 0 Å². The standard InChI is InChI=1S/C19H18BrF2NO3S/c1-3-25-18(24)11-26-17-7-4-12(2)8-15(17)19(27-22)23-10-13-5-6-14(20)9-16(13)21/h4-9H,3,10-11H2,1-2H3. The lowest BCUT2D eigenvalue weighted by molar-refractivity contribution is -0.145. The zero-order valence-corrected chi connectivity index (χ0v) is 17.2. The number of carbonyl (C=O) groups is 1. The van der Waals surface area contributed by atoms with Gasteiger partial charge >= 0.3 is 5.97 Å². The molecule has 0 aliphatic heterocycles. The van der Waals surface area contributed by atoms with E-state index >= 15 is 0 Å². The molecule has 0 aromatic heterocycles. The molecule has 27 heavy (non-hydrogen) atoms. The zero-order valence-electron chi connectivity index (χ0n) is 14.8. The average molecular weight is 458 g/mol. The number of carbonyl (C=O) groups excluding carboxylic acids is 1. The number of hydrogen-bond donors (Lipinski definition) is 0. The highest BCUT2D eigenvalue weighted by Gasteiger charge is 2.15. The molecule has 0 radical (unpaired) electrons. The number of halogens is 3. The number of ether oxygens (including phenoxy) is 2. The van der Waals surface area contributed by atoms with Crippen LogP contribution in [0.5, 0.6) is 5.75 Å². The van der Waals surface area contributed by atoms with Crippen molar-refractivity contribution in [1.82, 2.24) is 0 Å². The third-order valence-corrected chi connectivity index (χ3v) is 4.49. The molecule has 144 valence electrons. The van der Waals surface area contributed by atoms with Crippen LogP contribution < -0.4 is 4.74 Å². The molecule has 0 spiro atoms. The van der Waals surface area contributed by atoms with Gasteiger partial charge in [0.1, 0.15) is 28.8 Å². The van der Waals surface area contributed by atoms with Gasteiger partial charge in [-0.3, -0.25) is 4.99 Å². The summed E-state index contributed by atoms with van der Waals surface area (Å²) in [6.07, 6.45) is 0. The van der Waals surface area contributed by atoms with E-state index in [4.69, 9.17) is 9.47 Å². The van der Waals surface area contributed by atoms with Gasteiger partial charge in [0.05, 0.1) is 18.7 Å². The van der Waals surface area contributed by atoms with Crippen LogP contribution in [0, 0.1) is 12.7 Å². The summed E-state index contributed by atoms with van der Waals surface area (Å²) in [7, 11) is 0.